The molecule has 0 aliphatic rings. The highest BCUT2D eigenvalue weighted by atomic mass is 32.2. The van der Waals surface area contributed by atoms with Gasteiger partial charge in [0.1, 0.15) is 9.90 Å². The van der Waals surface area contributed by atoms with Crippen molar-refractivity contribution in [1.82, 2.24) is 10.2 Å². The lowest BCUT2D eigenvalue weighted by Crippen LogP contribution is -2.12. The molecular weight excluding hydrogens is 306 g/mol. The van der Waals surface area contributed by atoms with Crippen molar-refractivity contribution in [2.24, 2.45) is 0 Å². The Morgan fingerprint density at radius 3 is 2.63 bits per heavy atom. The molecule has 2 heterocycles. The van der Waals surface area contributed by atoms with Crippen molar-refractivity contribution >= 4 is 37.8 Å². The van der Waals surface area contributed by atoms with Gasteiger partial charge in [-0.3, -0.25) is 4.72 Å². The highest BCUT2D eigenvalue weighted by Crippen LogP contribution is 2.28. The lowest BCUT2D eigenvalue weighted by Gasteiger charge is -2.03. The number of nitrogens with one attached hydrogen (secondary N) is 1. The van der Waals surface area contributed by atoms with Crippen LogP contribution in [0.2, 0.25) is 0 Å². The van der Waals surface area contributed by atoms with Crippen LogP contribution in [0.4, 0.5) is 5.13 Å². The summed E-state index contributed by atoms with van der Waals surface area (Å²) >= 11 is 2.47. The highest BCUT2D eigenvalue weighted by molar-refractivity contribution is 7.93. The van der Waals surface area contributed by atoms with E-state index in [2.05, 4.69) is 14.9 Å². The van der Waals surface area contributed by atoms with Gasteiger partial charge in [-0.05, 0) is 19.4 Å². The van der Waals surface area contributed by atoms with Gasteiger partial charge in [-0.2, -0.15) is 0 Å². The van der Waals surface area contributed by atoms with Gasteiger partial charge in [-0.15, -0.1) is 21.5 Å². The molecular formula is C10H13N3O3S3. The molecule has 0 bridgehead atoms. The summed E-state index contributed by atoms with van der Waals surface area (Å²) in [4.78, 5) is 1.43. The molecule has 6 nitrogen and oxygen atoms in total. The predicted octanol–water partition coefficient (Wildman–Crippen LogP) is 1.76. The van der Waals surface area contributed by atoms with Crippen molar-refractivity contribution in [3.8, 4) is 0 Å². The maximum atomic E-state index is 12.2. The van der Waals surface area contributed by atoms with Crippen LogP contribution < -0.4 is 4.72 Å². The molecule has 2 rings (SSSR count). The maximum absolute atomic E-state index is 12.2. The normalized spacial score (nSPS) is 11.7. The van der Waals surface area contributed by atoms with Crippen molar-refractivity contribution in [2.45, 2.75) is 31.8 Å². The van der Waals surface area contributed by atoms with Gasteiger partial charge in [0.05, 0.1) is 6.61 Å². The molecule has 0 saturated carbocycles. The molecule has 0 radical (unpaired) electrons. The van der Waals surface area contributed by atoms with E-state index < -0.39 is 10.0 Å². The van der Waals surface area contributed by atoms with E-state index >= 15 is 0 Å². The number of hydrogen-bond acceptors (Lipinski definition) is 7. The van der Waals surface area contributed by atoms with E-state index in [-0.39, 0.29) is 16.6 Å². The van der Waals surface area contributed by atoms with Crippen LogP contribution in [-0.4, -0.2) is 23.7 Å². The molecule has 0 spiro atoms. The Balaban J connectivity index is 2.29. The van der Waals surface area contributed by atoms with Crippen LogP contribution >= 0.6 is 22.7 Å². The first-order chi connectivity index (χ1) is 8.96. The Morgan fingerprint density at radius 1 is 1.37 bits per heavy atom. The maximum Gasteiger partial charge on any atom is 0.264 e. The fourth-order valence-electron chi connectivity index (χ4n) is 1.48. The summed E-state index contributed by atoms with van der Waals surface area (Å²) in [6, 6.07) is 1.48. The zero-order valence-corrected chi connectivity index (χ0v) is 12.8. The average molecular weight is 319 g/mol. The molecule has 0 aliphatic carbocycles. The van der Waals surface area contributed by atoms with Crippen LogP contribution in [0, 0.1) is 6.92 Å². The molecule has 19 heavy (non-hydrogen) atoms. The lowest BCUT2D eigenvalue weighted by molar-refractivity contribution is 0.285. The Hall–Kier alpha value is -1.03. The summed E-state index contributed by atoms with van der Waals surface area (Å²) < 4.78 is 26.8. The highest BCUT2D eigenvalue weighted by Gasteiger charge is 2.21. The van der Waals surface area contributed by atoms with Crippen LogP contribution in [0.1, 0.15) is 21.7 Å². The topological polar surface area (TPSA) is 92.2 Å². The second-order valence-electron chi connectivity index (χ2n) is 3.75. The number of thiophene rings is 1. The van der Waals surface area contributed by atoms with E-state index in [0.717, 1.165) is 5.01 Å². The third-order valence-corrected chi connectivity index (χ3v) is 6.10. The van der Waals surface area contributed by atoms with Crippen LogP contribution in [0.5, 0.6) is 0 Å². The molecule has 9 heteroatoms. The minimum atomic E-state index is -3.67. The Labute approximate surface area is 119 Å². The number of aryl methyl sites for hydroxylation is 2. The Morgan fingerprint density at radius 2 is 2.11 bits per heavy atom. The minimum absolute atomic E-state index is 0.167. The van der Waals surface area contributed by atoms with Crippen molar-refractivity contribution in [3.05, 3.63) is 20.8 Å². The van der Waals surface area contributed by atoms with Gasteiger partial charge < -0.3 is 5.11 Å². The number of sulfonamides is 1. The molecule has 2 N–H and O–H groups in total. The number of aliphatic hydroxyl groups is 1. The van der Waals surface area contributed by atoms with Gasteiger partial charge in [0, 0.05) is 9.75 Å². The zero-order chi connectivity index (χ0) is 14.0. The zero-order valence-electron chi connectivity index (χ0n) is 10.4. The number of anilines is 1. The molecule has 0 atom stereocenters. The van der Waals surface area contributed by atoms with Crippen molar-refractivity contribution in [1.29, 1.82) is 0 Å². The van der Waals surface area contributed by atoms with E-state index in [4.69, 9.17) is 5.11 Å². The SMILES string of the molecule is CCc1nnc(NS(=O)(=O)c2cc(CO)sc2C)s1. The Kier molecular flexibility index (Phi) is 4.19. The molecule has 0 fully saturated rings. The molecule has 0 aliphatic heterocycles. The second-order valence-corrected chi connectivity index (χ2v) is 7.81. The monoisotopic (exact) mass is 319 g/mol. The fraction of sp³-hybridized carbons (Fsp3) is 0.400. The first-order valence-corrected chi connectivity index (χ1v) is 8.63. The molecule has 0 aromatic carbocycles. The summed E-state index contributed by atoms with van der Waals surface area (Å²) in [5, 5.41) is 17.7. The largest absolute Gasteiger partial charge is 0.391 e. The number of rotatable bonds is 5. The summed E-state index contributed by atoms with van der Waals surface area (Å²) in [5.74, 6) is 0. The third kappa shape index (κ3) is 3.11. The van der Waals surface area contributed by atoms with E-state index in [0.29, 0.717) is 16.2 Å². The first-order valence-electron chi connectivity index (χ1n) is 5.51. The summed E-state index contributed by atoms with van der Waals surface area (Å²) in [6.07, 6.45) is 0.714. The minimum Gasteiger partial charge on any atom is -0.391 e. The van der Waals surface area contributed by atoms with Crippen molar-refractivity contribution in [2.75, 3.05) is 4.72 Å². The Bertz CT molecular complexity index is 675. The van der Waals surface area contributed by atoms with Gasteiger partial charge >= 0.3 is 0 Å². The molecule has 0 saturated heterocycles. The first kappa shape index (κ1) is 14.4. The van der Waals surface area contributed by atoms with Crippen LogP contribution in [-0.2, 0) is 23.1 Å². The fourth-order valence-corrected chi connectivity index (χ4v) is 4.88. The van der Waals surface area contributed by atoms with Crippen LogP contribution in [0.15, 0.2) is 11.0 Å². The van der Waals surface area contributed by atoms with Crippen LogP contribution in [0.25, 0.3) is 0 Å². The predicted molar refractivity (Wildman–Crippen MR) is 75.1 cm³/mol. The number of aromatic nitrogens is 2. The van der Waals surface area contributed by atoms with E-state index in [1.807, 2.05) is 6.92 Å². The van der Waals surface area contributed by atoms with Crippen LogP contribution in [0.3, 0.4) is 0 Å². The van der Waals surface area contributed by atoms with Gasteiger partial charge in [-0.1, -0.05) is 18.3 Å². The summed E-state index contributed by atoms with van der Waals surface area (Å²) in [6.45, 7) is 3.46. The van der Waals surface area contributed by atoms with Gasteiger partial charge in [0.25, 0.3) is 10.0 Å². The van der Waals surface area contributed by atoms with Crippen molar-refractivity contribution in [3.63, 3.8) is 0 Å². The number of hydrogen-bond donors (Lipinski definition) is 2. The smallest absolute Gasteiger partial charge is 0.264 e. The molecule has 2 aromatic rings. The van der Waals surface area contributed by atoms with Gasteiger partial charge in [0.2, 0.25) is 5.13 Å². The molecule has 104 valence electrons. The molecule has 0 amide bonds. The van der Waals surface area contributed by atoms with E-state index in [1.165, 1.54) is 28.7 Å². The molecule has 0 unspecified atom stereocenters. The van der Waals surface area contributed by atoms with E-state index in [1.54, 1.807) is 6.92 Å². The van der Waals surface area contributed by atoms with Gasteiger partial charge in [-0.25, -0.2) is 8.42 Å². The van der Waals surface area contributed by atoms with E-state index in [9.17, 15) is 8.42 Å². The molecule has 2 aromatic heterocycles. The quantitative estimate of drug-likeness (QED) is 0.876. The number of nitrogens with zero attached hydrogens (tertiary/aromatic N) is 2. The standard InChI is InChI=1S/C10H13N3O3S3/c1-3-9-11-12-10(18-9)13-19(15,16)8-4-7(5-14)17-6(8)2/h4,14H,3,5H2,1-2H3,(H,12,13). The van der Waals surface area contributed by atoms with Crippen molar-refractivity contribution < 1.29 is 13.5 Å². The summed E-state index contributed by atoms with van der Waals surface area (Å²) in [5.41, 5.74) is 0. The average Bonchev–Trinajstić information content (AvgIpc) is 2.95. The number of aliphatic hydroxyl groups excluding tert-OH is 1. The second kappa shape index (κ2) is 5.53. The third-order valence-electron chi connectivity index (χ3n) is 2.36. The van der Waals surface area contributed by atoms with Gasteiger partial charge in [0.15, 0.2) is 0 Å². The lowest BCUT2D eigenvalue weighted by atomic mass is 10.4. The summed E-state index contributed by atoms with van der Waals surface area (Å²) in [7, 11) is -3.67.